The summed E-state index contributed by atoms with van der Waals surface area (Å²) in [5.41, 5.74) is 9.78. The molecule has 0 fully saturated rings. The molecule has 0 amide bonds. The lowest BCUT2D eigenvalue weighted by molar-refractivity contribution is 0.148. The molecule has 0 spiro atoms. The number of aliphatic hydroxyl groups is 2. The van der Waals surface area contributed by atoms with Crippen LogP contribution in [0.3, 0.4) is 0 Å². The smallest absolute Gasteiger partial charge is 0.211 e. The molecule has 0 bridgehead atoms. The largest absolute Gasteiger partial charge is 0.393 e. The van der Waals surface area contributed by atoms with Gasteiger partial charge in [0, 0.05) is 0 Å². The lowest BCUT2D eigenvalue weighted by Gasteiger charge is -1.94. The van der Waals surface area contributed by atoms with Gasteiger partial charge in [0.1, 0.15) is 6.10 Å². The molecule has 1 atom stereocenters. The summed E-state index contributed by atoms with van der Waals surface area (Å²) in [5, 5.41) is 23.3. The van der Waals surface area contributed by atoms with Crippen LogP contribution in [0.15, 0.2) is 10.2 Å². The fourth-order valence-corrected chi connectivity index (χ4v) is 0.224. The van der Waals surface area contributed by atoms with Crippen molar-refractivity contribution in [3.63, 3.8) is 0 Å². The SMILES string of the molecule is NC(N)=N/N=C\[C@@H](O)CO. The highest BCUT2D eigenvalue weighted by Gasteiger charge is 1.92. The molecule has 0 aromatic heterocycles. The van der Waals surface area contributed by atoms with E-state index in [1.165, 1.54) is 0 Å². The normalized spacial score (nSPS) is 13.4. The molecule has 6 heteroatoms. The Labute approximate surface area is 57.9 Å². The number of hydrogen-bond acceptors (Lipinski definition) is 4. The number of rotatable bonds is 3. The zero-order chi connectivity index (χ0) is 7.98. The van der Waals surface area contributed by atoms with Gasteiger partial charge in [-0.15, -0.1) is 5.10 Å². The molecule has 0 rings (SSSR count). The van der Waals surface area contributed by atoms with E-state index >= 15 is 0 Å². The van der Waals surface area contributed by atoms with E-state index < -0.39 is 12.7 Å². The van der Waals surface area contributed by atoms with E-state index in [9.17, 15) is 0 Å². The van der Waals surface area contributed by atoms with Gasteiger partial charge in [0.25, 0.3) is 0 Å². The highest BCUT2D eigenvalue weighted by atomic mass is 16.3. The van der Waals surface area contributed by atoms with Gasteiger partial charge in [-0.3, -0.25) is 0 Å². The van der Waals surface area contributed by atoms with Gasteiger partial charge in [0.05, 0.1) is 12.8 Å². The molecule has 0 aliphatic rings. The Morgan fingerprint density at radius 1 is 1.60 bits per heavy atom. The van der Waals surface area contributed by atoms with Gasteiger partial charge in [0.2, 0.25) is 5.96 Å². The zero-order valence-corrected chi connectivity index (χ0v) is 5.31. The van der Waals surface area contributed by atoms with E-state index in [2.05, 4.69) is 10.2 Å². The minimum Gasteiger partial charge on any atom is -0.393 e. The van der Waals surface area contributed by atoms with Crippen molar-refractivity contribution in [3.8, 4) is 0 Å². The van der Waals surface area contributed by atoms with Gasteiger partial charge < -0.3 is 21.7 Å². The molecule has 6 N–H and O–H groups in total. The third-order valence-electron chi connectivity index (χ3n) is 0.599. The van der Waals surface area contributed by atoms with Crippen molar-refractivity contribution in [2.45, 2.75) is 6.10 Å². The third kappa shape index (κ3) is 5.01. The van der Waals surface area contributed by atoms with E-state index in [-0.39, 0.29) is 5.96 Å². The lowest BCUT2D eigenvalue weighted by atomic mass is 10.4. The van der Waals surface area contributed by atoms with E-state index in [0.717, 1.165) is 6.21 Å². The molecule has 10 heavy (non-hydrogen) atoms. The molecule has 0 heterocycles. The average molecular weight is 146 g/mol. The van der Waals surface area contributed by atoms with Crippen LogP contribution in [0.25, 0.3) is 0 Å². The molecule has 0 aromatic rings. The van der Waals surface area contributed by atoms with Crippen LogP contribution >= 0.6 is 0 Å². The van der Waals surface area contributed by atoms with Crippen molar-refractivity contribution in [1.29, 1.82) is 0 Å². The fourth-order valence-electron chi connectivity index (χ4n) is 0.224. The van der Waals surface area contributed by atoms with Gasteiger partial charge in [-0.1, -0.05) is 0 Å². The number of aliphatic hydroxyl groups excluding tert-OH is 2. The Kier molecular flexibility index (Phi) is 4.17. The molecule has 0 saturated heterocycles. The first-order chi connectivity index (χ1) is 4.66. The van der Waals surface area contributed by atoms with Gasteiger partial charge in [0.15, 0.2) is 0 Å². The van der Waals surface area contributed by atoms with Crippen LogP contribution in [-0.4, -0.2) is 35.1 Å². The Morgan fingerprint density at radius 3 is 2.60 bits per heavy atom. The maximum absolute atomic E-state index is 8.62. The summed E-state index contributed by atoms with van der Waals surface area (Å²) in [6, 6.07) is 0. The number of nitrogens with zero attached hydrogens (tertiary/aromatic N) is 2. The predicted molar refractivity (Wildman–Crippen MR) is 37.4 cm³/mol. The number of guanidine groups is 1. The van der Waals surface area contributed by atoms with Crippen LogP contribution in [0, 0.1) is 0 Å². The van der Waals surface area contributed by atoms with Gasteiger partial charge >= 0.3 is 0 Å². The second-order valence-corrected chi connectivity index (χ2v) is 1.54. The zero-order valence-electron chi connectivity index (χ0n) is 5.31. The van der Waals surface area contributed by atoms with Gasteiger partial charge in [-0.2, -0.15) is 5.10 Å². The minimum absolute atomic E-state index is 0.193. The van der Waals surface area contributed by atoms with E-state index in [1.54, 1.807) is 0 Å². The minimum atomic E-state index is -1.01. The Morgan fingerprint density at radius 2 is 2.20 bits per heavy atom. The first kappa shape index (κ1) is 8.86. The van der Waals surface area contributed by atoms with Crippen molar-refractivity contribution >= 4 is 12.2 Å². The first-order valence-corrected chi connectivity index (χ1v) is 2.58. The highest BCUT2D eigenvalue weighted by Crippen LogP contribution is 1.75. The van der Waals surface area contributed by atoms with Gasteiger partial charge in [-0.25, -0.2) is 0 Å². The number of nitrogens with two attached hydrogens (primary N) is 2. The summed E-state index contributed by atoms with van der Waals surface area (Å²) in [6.45, 7) is -0.399. The molecule has 0 aliphatic carbocycles. The fraction of sp³-hybridized carbons (Fsp3) is 0.500. The molecule has 0 aromatic carbocycles. The molecule has 0 aliphatic heterocycles. The van der Waals surface area contributed by atoms with Crippen LogP contribution in [0.2, 0.25) is 0 Å². The summed E-state index contributed by atoms with van der Waals surface area (Å²) >= 11 is 0. The second kappa shape index (κ2) is 4.71. The topological polar surface area (TPSA) is 117 Å². The van der Waals surface area contributed by atoms with Crippen LogP contribution < -0.4 is 11.5 Å². The third-order valence-corrected chi connectivity index (χ3v) is 0.599. The van der Waals surface area contributed by atoms with E-state index in [4.69, 9.17) is 21.7 Å². The van der Waals surface area contributed by atoms with Crippen molar-refractivity contribution < 1.29 is 10.2 Å². The van der Waals surface area contributed by atoms with Crippen LogP contribution in [-0.2, 0) is 0 Å². The van der Waals surface area contributed by atoms with E-state index in [1.807, 2.05) is 0 Å². The van der Waals surface area contributed by atoms with Crippen molar-refractivity contribution in [3.05, 3.63) is 0 Å². The van der Waals surface area contributed by atoms with Crippen LogP contribution in [0.4, 0.5) is 0 Å². The van der Waals surface area contributed by atoms with E-state index in [0.29, 0.717) is 0 Å². The quantitative estimate of drug-likeness (QED) is 0.201. The maximum Gasteiger partial charge on any atom is 0.211 e. The second-order valence-electron chi connectivity index (χ2n) is 1.54. The van der Waals surface area contributed by atoms with Crippen molar-refractivity contribution in [2.24, 2.45) is 21.7 Å². The molecular formula is C4H10N4O2. The van der Waals surface area contributed by atoms with Crippen LogP contribution in [0.1, 0.15) is 0 Å². The summed E-state index contributed by atoms with van der Waals surface area (Å²) in [4.78, 5) is 0. The summed E-state index contributed by atoms with van der Waals surface area (Å²) in [7, 11) is 0. The molecule has 6 nitrogen and oxygen atoms in total. The maximum atomic E-state index is 8.62. The predicted octanol–water partition coefficient (Wildman–Crippen LogP) is -2.40. The molecule has 0 radical (unpaired) electrons. The molecule has 0 unspecified atom stereocenters. The van der Waals surface area contributed by atoms with Gasteiger partial charge in [-0.05, 0) is 0 Å². The summed E-state index contributed by atoms with van der Waals surface area (Å²) < 4.78 is 0. The molecular weight excluding hydrogens is 136 g/mol. The number of hydrogen-bond donors (Lipinski definition) is 4. The lowest BCUT2D eigenvalue weighted by Crippen LogP contribution is -2.22. The summed E-state index contributed by atoms with van der Waals surface area (Å²) in [6.07, 6.45) is 0.0165. The standard InChI is InChI=1S/C4H10N4O2/c5-4(6)8-7-1-3(10)2-9/h1,3,9-10H,2H2,(H4,5,6,8)/b7-1-/t3-/m1/s1. The molecule has 0 saturated carbocycles. The first-order valence-electron chi connectivity index (χ1n) is 2.58. The average Bonchev–Trinajstić information content (AvgIpc) is 1.87. The Bertz CT molecular complexity index is 140. The van der Waals surface area contributed by atoms with Crippen molar-refractivity contribution in [2.75, 3.05) is 6.61 Å². The Balaban J connectivity index is 3.66. The van der Waals surface area contributed by atoms with Crippen molar-refractivity contribution in [1.82, 2.24) is 0 Å². The highest BCUT2D eigenvalue weighted by molar-refractivity contribution is 5.76. The summed E-state index contributed by atoms with van der Waals surface area (Å²) in [5.74, 6) is -0.193. The molecule has 58 valence electrons. The monoisotopic (exact) mass is 146 g/mol. The Hall–Kier alpha value is -1.14. The van der Waals surface area contributed by atoms with Crippen LogP contribution in [0.5, 0.6) is 0 Å².